The summed E-state index contributed by atoms with van der Waals surface area (Å²) >= 11 is 16.9. The van der Waals surface area contributed by atoms with Crippen LogP contribution in [0, 0.1) is 4.91 Å². The Morgan fingerprint density at radius 1 is 1.33 bits per heavy atom. The first kappa shape index (κ1) is 9.71. The molecule has 1 aromatic rings. The molecular formula is C6H3Cl3N2O. The Hall–Kier alpha value is -0.380. The summed E-state index contributed by atoms with van der Waals surface area (Å²) < 4.78 is 0. The fraction of sp³-hybridized carbons (Fsp3) is 0.167. The van der Waals surface area contributed by atoms with Crippen molar-refractivity contribution in [1.82, 2.24) is 4.98 Å². The highest BCUT2D eigenvalue weighted by Crippen LogP contribution is 2.33. The van der Waals surface area contributed by atoms with E-state index in [0.29, 0.717) is 5.56 Å². The molecule has 0 saturated carbocycles. The molecule has 0 saturated heterocycles. The van der Waals surface area contributed by atoms with Gasteiger partial charge in [-0.2, -0.15) is 0 Å². The van der Waals surface area contributed by atoms with E-state index >= 15 is 0 Å². The molecule has 1 aromatic heterocycles. The molecule has 0 aliphatic rings. The van der Waals surface area contributed by atoms with E-state index in [1.807, 2.05) is 0 Å². The smallest absolute Gasteiger partial charge is 0.193 e. The highest BCUT2D eigenvalue weighted by atomic mass is 35.5. The molecule has 12 heavy (non-hydrogen) atoms. The van der Waals surface area contributed by atoms with Crippen molar-refractivity contribution in [3.8, 4) is 0 Å². The van der Waals surface area contributed by atoms with E-state index in [1.165, 1.54) is 12.4 Å². The minimum atomic E-state index is -1.06. The number of hydrogen-bond acceptors (Lipinski definition) is 3. The van der Waals surface area contributed by atoms with Gasteiger partial charge in [0.15, 0.2) is 5.50 Å². The zero-order valence-corrected chi connectivity index (χ0v) is 7.94. The minimum Gasteiger partial charge on any atom is -0.262 e. The van der Waals surface area contributed by atoms with Crippen LogP contribution in [0.1, 0.15) is 11.1 Å². The van der Waals surface area contributed by atoms with Gasteiger partial charge in [-0.25, -0.2) is 0 Å². The van der Waals surface area contributed by atoms with Crippen LogP contribution in [0.5, 0.6) is 0 Å². The van der Waals surface area contributed by atoms with Gasteiger partial charge in [0.25, 0.3) is 0 Å². The number of pyridine rings is 1. The van der Waals surface area contributed by atoms with E-state index in [4.69, 9.17) is 34.8 Å². The number of alkyl halides is 1. The maximum absolute atomic E-state index is 10.1. The van der Waals surface area contributed by atoms with Crippen LogP contribution in [0.4, 0.5) is 0 Å². The van der Waals surface area contributed by atoms with E-state index < -0.39 is 5.50 Å². The van der Waals surface area contributed by atoms with Crippen LogP contribution in [0.15, 0.2) is 17.6 Å². The van der Waals surface area contributed by atoms with Crippen LogP contribution in [0.3, 0.4) is 0 Å². The van der Waals surface area contributed by atoms with Crippen molar-refractivity contribution in [2.75, 3.05) is 0 Å². The topological polar surface area (TPSA) is 42.3 Å². The van der Waals surface area contributed by atoms with Gasteiger partial charge in [0, 0.05) is 18.0 Å². The maximum atomic E-state index is 10.1. The number of nitroso groups, excluding NO2 is 1. The molecule has 1 unspecified atom stereocenters. The molecule has 1 heterocycles. The fourth-order valence-electron chi connectivity index (χ4n) is 0.702. The van der Waals surface area contributed by atoms with E-state index in [0.717, 1.165) is 0 Å². The normalized spacial score (nSPS) is 12.6. The third-order valence-electron chi connectivity index (χ3n) is 1.22. The second kappa shape index (κ2) is 4.03. The minimum absolute atomic E-state index is 0.238. The van der Waals surface area contributed by atoms with Crippen molar-refractivity contribution in [2.24, 2.45) is 5.18 Å². The molecule has 3 nitrogen and oxygen atoms in total. The molecule has 6 heteroatoms. The Morgan fingerprint density at radius 3 is 2.25 bits per heavy atom. The summed E-state index contributed by atoms with van der Waals surface area (Å²) in [5.74, 6) is 0. The molecule has 0 fully saturated rings. The highest BCUT2D eigenvalue weighted by molar-refractivity contribution is 6.37. The van der Waals surface area contributed by atoms with Gasteiger partial charge in [-0.05, 0) is 5.18 Å². The summed E-state index contributed by atoms with van der Waals surface area (Å²) in [4.78, 5) is 13.8. The lowest BCUT2D eigenvalue weighted by atomic mass is 10.3. The average Bonchev–Trinajstić information content (AvgIpc) is 2.03. The van der Waals surface area contributed by atoms with Gasteiger partial charge in [-0.15, -0.1) is 4.91 Å². The molecule has 0 spiro atoms. The van der Waals surface area contributed by atoms with Crippen molar-refractivity contribution >= 4 is 34.8 Å². The second-order valence-corrected chi connectivity index (χ2v) is 3.19. The summed E-state index contributed by atoms with van der Waals surface area (Å²) in [7, 11) is 0. The Balaban J connectivity index is 3.20. The molecule has 0 aromatic carbocycles. The summed E-state index contributed by atoms with van der Waals surface area (Å²) in [6.07, 6.45) is 2.70. The van der Waals surface area contributed by atoms with E-state index in [-0.39, 0.29) is 10.0 Å². The van der Waals surface area contributed by atoms with Crippen molar-refractivity contribution < 1.29 is 0 Å². The quantitative estimate of drug-likeness (QED) is 0.440. The third kappa shape index (κ3) is 1.86. The molecular weight excluding hydrogens is 222 g/mol. The van der Waals surface area contributed by atoms with Crippen molar-refractivity contribution in [3.05, 3.63) is 32.9 Å². The average molecular weight is 225 g/mol. The van der Waals surface area contributed by atoms with Gasteiger partial charge >= 0.3 is 0 Å². The van der Waals surface area contributed by atoms with Crippen LogP contribution in [0.2, 0.25) is 10.0 Å². The first-order valence-corrected chi connectivity index (χ1v) is 4.11. The Labute approximate surface area is 83.6 Å². The molecule has 1 atom stereocenters. The largest absolute Gasteiger partial charge is 0.262 e. The first-order valence-electron chi connectivity index (χ1n) is 2.92. The van der Waals surface area contributed by atoms with Crippen LogP contribution in [-0.4, -0.2) is 4.98 Å². The molecule has 0 bridgehead atoms. The van der Waals surface area contributed by atoms with Crippen LogP contribution in [0.25, 0.3) is 0 Å². The molecule has 0 radical (unpaired) electrons. The zero-order chi connectivity index (χ0) is 9.14. The Kier molecular flexibility index (Phi) is 3.26. The zero-order valence-electron chi connectivity index (χ0n) is 5.67. The molecule has 0 N–H and O–H groups in total. The molecule has 0 amide bonds. The molecule has 0 aliphatic carbocycles. The lowest BCUT2D eigenvalue weighted by Crippen LogP contribution is -1.90. The van der Waals surface area contributed by atoms with Crippen molar-refractivity contribution in [3.63, 3.8) is 0 Å². The second-order valence-electron chi connectivity index (χ2n) is 1.96. The number of rotatable bonds is 2. The number of halogens is 3. The highest BCUT2D eigenvalue weighted by Gasteiger charge is 2.15. The number of hydrogen-bond donors (Lipinski definition) is 0. The van der Waals surface area contributed by atoms with Crippen LogP contribution >= 0.6 is 34.8 Å². The third-order valence-corrected chi connectivity index (χ3v) is 2.12. The first-order chi connectivity index (χ1) is 5.66. The Morgan fingerprint density at radius 2 is 1.83 bits per heavy atom. The van der Waals surface area contributed by atoms with Gasteiger partial charge in [-0.3, -0.25) is 4.98 Å². The molecule has 64 valence electrons. The van der Waals surface area contributed by atoms with Crippen LogP contribution < -0.4 is 0 Å². The van der Waals surface area contributed by atoms with Gasteiger partial charge in [0.1, 0.15) is 0 Å². The van der Waals surface area contributed by atoms with E-state index in [1.54, 1.807) is 0 Å². The van der Waals surface area contributed by atoms with E-state index in [9.17, 15) is 4.91 Å². The Bertz CT molecular complexity index is 285. The predicted molar refractivity (Wildman–Crippen MR) is 48.6 cm³/mol. The maximum Gasteiger partial charge on any atom is 0.193 e. The lowest BCUT2D eigenvalue weighted by molar-refractivity contribution is 0.997. The summed E-state index contributed by atoms with van der Waals surface area (Å²) in [6.45, 7) is 0. The van der Waals surface area contributed by atoms with Crippen molar-refractivity contribution in [1.29, 1.82) is 0 Å². The van der Waals surface area contributed by atoms with Crippen LogP contribution in [-0.2, 0) is 0 Å². The lowest BCUT2D eigenvalue weighted by Gasteiger charge is -2.04. The number of nitrogens with zero attached hydrogens (tertiary/aromatic N) is 2. The SMILES string of the molecule is O=NC(Cl)c1c(Cl)cncc1Cl. The summed E-state index contributed by atoms with van der Waals surface area (Å²) in [5.41, 5.74) is -0.766. The van der Waals surface area contributed by atoms with E-state index in [2.05, 4.69) is 10.2 Å². The van der Waals surface area contributed by atoms with Gasteiger partial charge in [0.2, 0.25) is 0 Å². The molecule has 0 aliphatic heterocycles. The summed E-state index contributed by atoms with van der Waals surface area (Å²) in [6, 6.07) is 0. The van der Waals surface area contributed by atoms with Gasteiger partial charge < -0.3 is 0 Å². The van der Waals surface area contributed by atoms with Crippen molar-refractivity contribution in [2.45, 2.75) is 5.50 Å². The number of aromatic nitrogens is 1. The fourth-order valence-corrected chi connectivity index (χ4v) is 1.62. The van der Waals surface area contributed by atoms with Gasteiger partial charge in [-0.1, -0.05) is 34.8 Å². The van der Waals surface area contributed by atoms with Gasteiger partial charge in [0.05, 0.1) is 10.0 Å². The summed E-state index contributed by atoms with van der Waals surface area (Å²) in [5, 5.41) is 3.08. The molecule has 1 rings (SSSR count). The standard InChI is InChI=1S/C6H3Cl3N2O/c7-3-1-10-2-4(8)5(3)6(9)11-12/h1-2,6H. The predicted octanol–water partition coefficient (Wildman–Crippen LogP) is 3.39. The monoisotopic (exact) mass is 224 g/mol.